The summed E-state index contributed by atoms with van der Waals surface area (Å²) in [6, 6.07) is 10.4. The second-order valence-electron chi connectivity index (χ2n) is 6.10. The largest absolute Gasteiger partial charge is 0.374 e. The van der Waals surface area contributed by atoms with E-state index in [1.807, 2.05) is 18.2 Å². The molecule has 0 radical (unpaired) electrons. The van der Waals surface area contributed by atoms with Crippen molar-refractivity contribution < 1.29 is 9.13 Å². The standard InChI is InChI=1S/C18H20FN5O/c19-15-4-2-1-3-14(15)16-11-18(24-17(22-16)6-8-21-24)23-9-10-25-13(12-23)5-7-20/h1-4,6,8,11,13H,5,7,9-10,12,20H2/t13-/m1/s1. The number of nitrogens with zero attached hydrogens (tertiary/aromatic N) is 4. The molecule has 0 bridgehead atoms. The van der Waals surface area contributed by atoms with Crippen molar-refractivity contribution in [1.82, 2.24) is 14.6 Å². The highest BCUT2D eigenvalue weighted by atomic mass is 19.1. The Hall–Kier alpha value is -2.51. The fourth-order valence-electron chi connectivity index (χ4n) is 3.22. The molecule has 0 spiro atoms. The molecule has 0 aliphatic carbocycles. The minimum Gasteiger partial charge on any atom is -0.374 e. The van der Waals surface area contributed by atoms with Crippen LogP contribution in [-0.2, 0) is 4.74 Å². The predicted octanol–water partition coefficient (Wildman–Crippen LogP) is 2.09. The quantitative estimate of drug-likeness (QED) is 0.787. The molecule has 0 unspecified atom stereocenters. The lowest BCUT2D eigenvalue weighted by atomic mass is 10.1. The van der Waals surface area contributed by atoms with Crippen molar-refractivity contribution in [1.29, 1.82) is 0 Å². The van der Waals surface area contributed by atoms with E-state index in [9.17, 15) is 4.39 Å². The van der Waals surface area contributed by atoms with E-state index in [1.165, 1.54) is 6.07 Å². The number of halogens is 1. The van der Waals surface area contributed by atoms with Crippen molar-refractivity contribution in [2.24, 2.45) is 5.73 Å². The molecule has 1 aliphatic rings. The number of nitrogens with two attached hydrogens (primary N) is 1. The number of hydrogen-bond donors (Lipinski definition) is 1. The van der Waals surface area contributed by atoms with Crippen LogP contribution in [0.3, 0.4) is 0 Å². The molecule has 2 aromatic heterocycles. The van der Waals surface area contributed by atoms with Gasteiger partial charge in [0.1, 0.15) is 11.6 Å². The number of morpholine rings is 1. The van der Waals surface area contributed by atoms with Gasteiger partial charge in [-0.2, -0.15) is 9.61 Å². The molecule has 1 saturated heterocycles. The molecular formula is C18H20FN5O. The van der Waals surface area contributed by atoms with Crippen molar-refractivity contribution in [3.63, 3.8) is 0 Å². The predicted molar refractivity (Wildman–Crippen MR) is 94.0 cm³/mol. The monoisotopic (exact) mass is 341 g/mol. The van der Waals surface area contributed by atoms with E-state index in [2.05, 4.69) is 15.0 Å². The molecule has 0 amide bonds. The van der Waals surface area contributed by atoms with E-state index in [0.717, 1.165) is 25.3 Å². The maximum absolute atomic E-state index is 14.2. The average molecular weight is 341 g/mol. The second-order valence-corrected chi connectivity index (χ2v) is 6.10. The van der Waals surface area contributed by atoms with Gasteiger partial charge in [0.25, 0.3) is 0 Å². The molecular weight excluding hydrogens is 321 g/mol. The minimum atomic E-state index is -0.284. The van der Waals surface area contributed by atoms with Crippen LogP contribution in [0.4, 0.5) is 10.2 Å². The summed E-state index contributed by atoms with van der Waals surface area (Å²) in [6.07, 6.45) is 2.60. The smallest absolute Gasteiger partial charge is 0.157 e. The van der Waals surface area contributed by atoms with Gasteiger partial charge in [-0.05, 0) is 25.1 Å². The maximum Gasteiger partial charge on any atom is 0.157 e. The molecule has 2 N–H and O–H groups in total. The molecule has 6 nitrogen and oxygen atoms in total. The first kappa shape index (κ1) is 16.0. The summed E-state index contributed by atoms with van der Waals surface area (Å²) in [4.78, 5) is 6.76. The Morgan fingerprint density at radius 2 is 2.16 bits per heavy atom. The van der Waals surface area contributed by atoms with Crippen LogP contribution < -0.4 is 10.6 Å². The average Bonchev–Trinajstić information content (AvgIpc) is 3.10. The van der Waals surface area contributed by atoms with Crippen LogP contribution >= 0.6 is 0 Å². The highest BCUT2D eigenvalue weighted by Crippen LogP contribution is 2.27. The molecule has 1 aliphatic heterocycles. The Morgan fingerprint density at radius 1 is 1.28 bits per heavy atom. The fourth-order valence-corrected chi connectivity index (χ4v) is 3.22. The molecule has 0 saturated carbocycles. The first-order chi connectivity index (χ1) is 12.3. The molecule has 1 atom stereocenters. The summed E-state index contributed by atoms with van der Waals surface area (Å²) in [5, 5.41) is 4.38. The number of benzene rings is 1. The Kier molecular flexibility index (Phi) is 4.33. The number of anilines is 1. The van der Waals surface area contributed by atoms with E-state index >= 15 is 0 Å². The number of hydrogen-bond acceptors (Lipinski definition) is 5. The highest BCUT2D eigenvalue weighted by molar-refractivity contribution is 5.67. The van der Waals surface area contributed by atoms with Gasteiger partial charge in [-0.15, -0.1) is 0 Å². The van der Waals surface area contributed by atoms with Gasteiger partial charge >= 0.3 is 0 Å². The third kappa shape index (κ3) is 3.08. The van der Waals surface area contributed by atoms with Crippen LogP contribution in [0, 0.1) is 5.82 Å². The molecule has 3 heterocycles. The molecule has 3 aromatic rings. The second kappa shape index (κ2) is 6.78. The first-order valence-electron chi connectivity index (χ1n) is 8.42. The Balaban J connectivity index is 1.78. The van der Waals surface area contributed by atoms with E-state index in [0.29, 0.717) is 30.1 Å². The Morgan fingerprint density at radius 3 is 3.00 bits per heavy atom. The lowest BCUT2D eigenvalue weighted by molar-refractivity contribution is 0.0365. The van der Waals surface area contributed by atoms with Crippen molar-refractivity contribution in [3.8, 4) is 11.3 Å². The van der Waals surface area contributed by atoms with Crippen molar-refractivity contribution in [2.45, 2.75) is 12.5 Å². The summed E-state index contributed by atoms with van der Waals surface area (Å²) in [7, 11) is 0. The van der Waals surface area contributed by atoms with Gasteiger partial charge in [0.2, 0.25) is 0 Å². The summed E-state index contributed by atoms with van der Waals surface area (Å²) >= 11 is 0. The number of ether oxygens (including phenoxy) is 1. The lowest BCUT2D eigenvalue weighted by Gasteiger charge is -2.34. The van der Waals surface area contributed by atoms with E-state index in [4.69, 9.17) is 10.5 Å². The third-order valence-electron chi connectivity index (χ3n) is 4.44. The topological polar surface area (TPSA) is 68.7 Å². The van der Waals surface area contributed by atoms with E-state index < -0.39 is 0 Å². The van der Waals surface area contributed by atoms with Gasteiger partial charge in [0.05, 0.1) is 24.6 Å². The van der Waals surface area contributed by atoms with Crippen LogP contribution in [0.5, 0.6) is 0 Å². The molecule has 1 aromatic carbocycles. The molecule has 7 heteroatoms. The highest BCUT2D eigenvalue weighted by Gasteiger charge is 2.23. The van der Waals surface area contributed by atoms with E-state index in [-0.39, 0.29) is 11.9 Å². The van der Waals surface area contributed by atoms with Gasteiger partial charge < -0.3 is 15.4 Å². The zero-order valence-corrected chi connectivity index (χ0v) is 13.8. The number of aromatic nitrogens is 3. The van der Waals surface area contributed by atoms with Crippen LogP contribution in [0.25, 0.3) is 16.9 Å². The van der Waals surface area contributed by atoms with Crippen LogP contribution in [-0.4, -0.2) is 46.9 Å². The van der Waals surface area contributed by atoms with Crippen LogP contribution in [0.15, 0.2) is 42.6 Å². The van der Waals surface area contributed by atoms with Gasteiger partial charge in [-0.3, -0.25) is 0 Å². The van der Waals surface area contributed by atoms with Crippen molar-refractivity contribution in [3.05, 3.63) is 48.4 Å². The number of rotatable bonds is 4. The zero-order chi connectivity index (χ0) is 17.2. The molecule has 25 heavy (non-hydrogen) atoms. The summed E-state index contributed by atoms with van der Waals surface area (Å²) in [5.74, 6) is 0.603. The van der Waals surface area contributed by atoms with Gasteiger partial charge in [-0.25, -0.2) is 9.37 Å². The zero-order valence-electron chi connectivity index (χ0n) is 13.8. The lowest BCUT2D eigenvalue weighted by Crippen LogP contribution is -2.44. The van der Waals surface area contributed by atoms with Crippen LogP contribution in [0.2, 0.25) is 0 Å². The van der Waals surface area contributed by atoms with Gasteiger partial charge in [0.15, 0.2) is 5.65 Å². The SMILES string of the molecule is NCC[C@@H]1CN(c2cc(-c3ccccc3F)nc3ccnn23)CCO1. The van der Waals surface area contributed by atoms with E-state index in [1.54, 1.807) is 22.8 Å². The van der Waals surface area contributed by atoms with Gasteiger partial charge in [-0.1, -0.05) is 12.1 Å². The first-order valence-corrected chi connectivity index (χ1v) is 8.42. The van der Waals surface area contributed by atoms with Crippen molar-refractivity contribution >= 4 is 11.5 Å². The molecule has 130 valence electrons. The fraction of sp³-hybridized carbons (Fsp3) is 0.333. The number of fused-ring (bicyclic) bond motifs is 1. The minimum absolute atomic E-state index is 0.0921. The Bertz CT molecular complexity index is 879. The summed E-state index contributed by atoms with van der Waals surface area (Å²) in [5.41, 5.74) is 7.44. The summed E-state index contributed by atoms with van der Waals surface area (Å²) in [6.45, 7) is 2.70. The normalized spacial score (nSPS) is 18.0. The third-order valence-corrected chi connectivity index (χ3v) is 4.44. The maximum atomic E-state index is 14.2. The summed E-state index contributed by atoms with van der Waals surface area (Å²) < 4.78 is 21.8. The molecule has 4 rings (SSSR count). The van der Waals surface area contributed by atoms with Gasteiger partial charge in [0, 0.05) is 30.8 Å². The molecule has 1 fully saturated rings. The Labute approximate surface area is 145 Å². The van der Waals surface area contributed by atoms with Crippen molar-refractivity contribution in [2.75, 3.05) is 31.1 Å². The van der Waals surface area contributed by atoms with Crippen LogP contribution in [0.1, 0.15) is 6.42 Å².